The Morgan fingerprint density at radius 2 is 2.07 bits per heavy atom. The van der Waals surface area contributed by atoms with E-state index in [0.29, 0.717) is 4.91 Å². The van der Waals surface area contributed by atoms with Gasteiger partial charge >= 0.3 is 0 Å². The Morgan fingerprint density at radius 3 is 2.53 bits per heavy atom. The van der Waals surface area contributed by atoms with Crippen LogP contribution >= 0.6 is 23.1 Å². The first-order valence-electron chi connectivity index (χ1n) is 4.36. The maximum Gasteiger partial charge on any atom is 0.293 e. The number of thioether (sulfide) groups is 1. The predicted octanol–water partition coefficient (Wildman–Crippen LogP) is 2.72. The third kappa shape index (κ3) is 1.98. The van der Waals surface area contributed by atoms with Crippen molar-refractivity contribution in [2.45, 2.75) is 6.92 Å². The van der Waals surface area contributed by atoms with Gasteiger partial charge in [-0.25, -0.2) is 0 Å². The van der Waals surface area contributed by atoms with E-state index in [1.54, 1.807) is 17.4 Å². The van der Waals surface area contributed by atoms with Crippen LogP contribution in [-0.2, 0) is 4.79 Å². The fraction of sp³-hybridized carbons (Fsp3) is 0.200. The number of carbonyl (C=O) groups excluding carboxylic acids is 2. The zero-order chi connectivity index (χ0) is 11.0. The van der Waals surface area contributed by atoms with E-state index in [-0.39, 0.29) is 11.1 Å². The van der Waals surface area contributed by atoms with Gasteiger partial charge in [-0.2, -0.15) is 0 Å². The molecule has 0 bridgehead atoms. The van der Waals surface area contributed by atoms with Crippen molar-refractivity contribution in [3.63, 3.8) is 0 Å². The van der Waals surface area contributed by atoms with Gasteiger partial charge in [0.05, 0.1) is 4.91 Å². The molecule has 1 aliphatic heterocycles. The molecule has 1 aliphatic rings. The van der Waals surface area contributed by atoms with Gasteiger partial charge in [0.15, 0.2) is 0 Å². The van der Waals surface area contributed by atoms with Gasteiger partial charge in [0.2, 0.25) is 0 Å². The van der Waals surface area contributed by atoms with Gasteiger partial charge in [0, 0.05) is 16.8 Å². The molecular weight excluding hydrogens is 230 g/mol. The fourth-order valence-electron chi connectivity index (χ4n) is 1.21. The second-order valence-corrected chi connectivity index (χ2v) is 5.50. The van der Waals surface area contributed by atoms with E-state index in [9.17, 15) is 9.59 Å². The van der Waals surface area contributed by atoms with Crippen LogP contribution in [0.25, 0.3) is 6.08 Å². The van der Waals surface area contributed by atoms with Crippen LogP contribution < -0.4 is 0 Å². The average molecular weight is 239 g/mol. The van der Waals surface area contributed by atoms with Gasteiger partial charge < -0.3 is 0 Å². The number of nitrogens with zero attached hydrogens (tertiary/aromatic N) is 1. The lowest BCUT2D eigenvalue weighted by molar-refractivity contribution is -0.121. The molecular formula is C10H9NO2S2. The minimum absolute atomic E-state index is 0.209. The lowest BCUT2D eigenvalue weighted by Gasteiger charge is -2.00. The Balaban J connectivity index is 2.29. The third-order valence-electron chi connectivity index (χ3n) is 2.02. The first-order chi connectivity index (χ1) is 7.08. The Hall–Kier alpha value is -1.07. The average Bonchev–Trinajstić information content (AvgIpc) is 2.68. The lowest BCUT2D eigenvalue weighted by atomic mass is 10.4. The van der Waals surface area contributed by atoms with Crippen molar-refractivity contribution in [1.82, 2.24) is 4.90 Å². The molecule has 2 rings (SSSR count). The zero-order valence-electron chi connectivity index (χ0n) is 8.31. The SMILES string of the molecule is Cc1ccc(/C=C2\SC(=O)N(C)C2=O)s1. The van der Waals surface area contributed by atoms with Crippen LogP contribution in [0.3, 0.4) is 0 Å². The van der Waals surface area contributed by atoms with Crippen molar-refractivity contribution in [3.8, 4) is 0 Å². The summed E-state index contributed by atoms with van der Waals surface area (Å²) in [4.78, 5) is 26.6. The van der Waals surface area contributed by atoms with Crippen molar-refractivity contribution in [2.24, 2.45) is 0 Å². The van der Waals surface area contributed by atoms with E-state index in [0.717, 1.165) is 21.5 Å². The van der Waals surface area contributed by atoms with Crippen LogP contribution in [0, 0.1) is 6.92 Å². The molecule has 0 atom stereocenters. The number of rotatable bonds is 1. The summed E-state index contributed by atoms with van der Waals surface area (Å²) < 4.78 is 0. The lowest BCUT2D eigenvalue weighted by Crippen LogP contribution is -2.22. The minimum Gasteiger partial charge on any atom is -0.272 e. The molecule has 3 nitrogen and oxygen atoms in total. The number of imide groups is 1. The summed E-state index contributed by atoms with van der Waals surface area (Å²) in [7, 11) is 1.50. The normalized spacial score (nSPS) is 19.3. The van der Waals surface area contributed by atoms with Crippen molar-refractivity contribution < 1.29 is 9.59 Å². The number of carbonyl (C=O) groups is 2. The Morgan fingerprint density at radius 1 is 1.33 bits per heavy atom. The molecule has 1 saturated heterocycles. The van der Waals surface area contributed by atoms with Gasteiger partial charge in [0.1, 0.15) is 0 Å². The summed E-state index contributed by atoms with van der Waals surface area (Å²) in [5.41, 5.74) is 0. The summed E-state index contributed by atoms with van der Waals surface area (Å²) in [6, 6.07) is 3.94. The third-order valence-corrected chi connectivity index (χ3v) is 3.93. The molecule has 1 aromatic heterocycles. The van der Waals surface area contributed by atoms with Gasteiger partial charge in [-0.3, -0.25) is 14.5 Å². The summed E-state index contributed by atoms with van der Waals surface area (Å²) in [6.07, 6.45) is 1.77. The van der Waals surface area contributed by atoms with Crippen LogP contribution in [0.5, 0.6) is 0 Å². The largest absolute Gasteiger partial charge is 0.293 e. The zero-order valence-corrected chi connectivity index (χ0v) is 9.95. The first-order valence-corrected chi connectivity index (χ1v) is 5.99. The highest BCUT2D eigenvalue weighted by atomic mass is 32.2. The second kappa shape index (κ2) is 3.83. The summed E-state index contributed by atoms with van der Waals surface area (Å²) >= 11 is 2.60. The van der Waals surface area contributed by atoms with Crippen molar-refractivity contribution in [2.75, 3.05) is 7.05 Å². The number of hydrogen-bond acceptors (Lipinski definition) is 4. The molecule has 2 heterocycles. The highest BCUT2D eigenvalue weighted by molar-refractivity contribution is 8.18. The molecule has 1 aromatic rings. The van der Waals surface area contributed by atoms with Gasteiger partial charge in [-0.1, -0.05) is 0 Å². The molecule has 1 fully saturated rings. The van der Waals surface area contributed by atoms with E-state index in [1.165, 1.54) is 11.9 Å². The van der Waals surface area contributed by atoms with E-state index < -0.39 is 0 Å². The van der Waals surface area contributed by atoms with Gasteiger partial charge in [-0.15, -0.1) is 11.3 Å². The van der Waals surface area contributed by atoms with Gasteiger partial charge in [-0.05, 0) is 36.9 Å². The topological polar surface area (TPSA) is 37.4 Å². The van der Waals surface area contributed by atoms with Crippen LogP contribution in [0.4, 0.5) is 4.79 Å². The molecule has 0 saturated carbocycles. The molecule has 0 spiro atoms. The van der Waals surface area contributed by atoms with Crippen LogP contribution in [0.2, 0.25) is 0 Å². The minimum atomic E-state index is -0.212. The van der Waals surface area contributed by atoms with Crippen LogP contribution in [0.15, 0.2) is 17.0 Å². The van der Waals surface area contributed by atoms with E-state index in [2.05, 4.69) is 0 Å². The summed E-state index contributed by atoms with van der Waals surface area (Å²) in [5, 5.41) is -0.209. The molecule has 0 N–H and O–H groups in total. The molecule has 0 aromatic carbocycles. The molecule has 78 valence electrons. The standard InChI is InChI=1S/C10H9NO2S2/c1-6-3-4-7(14-6)5-8-9(12)11(2)10(13)15-8/h3-5H,1-2H3/b8-5-. The molecule has 15 heavy (non-hydrogen) atoms. The van der Waals surface area contributed by atoms with Crippen molar-refractivity contribution >= 4 is 40.3 Å². The summed E-state index contributed by atoms with van der Waals surface area (Å²) in [6.45, 7) is 2.01. The maximum absolute atomic E-state index is 11.5. The van der Waals surface area contributed by atoms with Crippen molar-refractivity contribution in [3.05, 3.63) is 26.8 Å². The number of amides is 2. The number of thiophene rings is 1. The van der Waals surface area contributed by atoms with E-state index in [4.69, 9.17) is 0 Å². The van der Waals surface area contributed by atoms with Crippen LogP contribution in [0.1, 0.15) is 9.75 Å². The molecule has 2 amide bonds. The van der Waals surface area contributed by atoms with E-state index in [1.807, 2.05) is 19.1 Å². The molecule has 0 radical (unpaired) electrons. The Labute approximate surface area is 95.8 Å². The first kappa shape index (κ1) is 10.4. The van der Waals surface area contributed by atoms with Gasteiger partial charge in [0.25, 0.3) is 11.1 Å². The van der Waals surface area contributed by atoms with Crippen LogP contribution in [-0.4, -0.2) is 23.1 Å². The number of aryl methyl sites for hydroxylation is 1. The highest BCUT2D eigenvalue weighted by Gasteiger charge is 2.31. The fourth-order valence-corrected chi connectivity index (χ4v) is 2.92. The number of hydrogen-bond donors (Lipinski definition) is 0. The van der Waals surface area contributed by atoms with Crippen molar-refractivity contribution in [1.29, 1.82) is 0 Å². The smallest absolute Gasteiger partial charge is 0.272 e. The second-order valence-electron chi connectivity index (χ2n) is 3.19. The van der Waals surface area contributed by atoms with E-state index >= 15 is 0 Å². The molecule has 0 unspecified atom stereocenters. The predicted molar refractivity (Wildman–Crippen MR) is 62.8 cm³/mol. The quantitative estimate of drug-likeness (QED) is 0.707. The molecule has 0 aliphatic carbocycles. The molecule has 5 heteroatoms. The maximum atomic E-state index is 11.5. The summed E-state index contributed by atoms with van der Waals surface area (Å²) in [5.74, 6) is -0.212. The number of likely N-dealkylation sites (N-methyl/N-ethyl adjacent to an activating group) is 1. The highest BCUT2D eigenvalue weighted by Crippen LogP contribution is 2.32. The monoisotopic (exact) mass is 239 g/mol. The Bertz CT molecular complexity index is 462. The Kier molecular flexibility index (Phi) is 2.67.